The number of allylic oxidation sites excluding steroid dienone is 1. The van der Waals surface area contributed by atoms with Crippen molar-refractivity contribution in [3.05, 3.63) is 106 Å². The molecule has 2 heterocycles. The first kappa shape index (κ1) is 30.6. The van der Waals surface area contributed by atoms with E-state index >= 15 is 0 Å². The first-order chi connectivity index (χ1) is 21.2. The SMILES string of the molecule is CCN1C(C)=C(C(=O)NCC#Cc2ccc3nc(Nc4ccc(CN(C)C)cc4)ncc3c2)CN1Cc1ccc(F)c(F)c1. The molecule has 5 rings (SSSR count). The van der Waals surface area contributed by atoms with Crippen molar-refractivity contribution in [1.82, 2.24) is 30.2 Å². The lowest BCUT2D eigenvalue weighted by Gasteiger charge is -2.30. The molecule has 0 fully saturated rings. The van der Waals surface area contributed by atoms with Crippen molar-refractivity contribution < 1.29 is 13.6 Å². The van der Waals surface area contributed by atoms with Crippen LogP contribution in [-0.4, -0.2) is 64.5 Å². The van der Waals surface area contributed by atoms with Gasteiger partial charge in [0.2, 0.25) is 5.95 Å². The Morgan fingerprint density at radius 3 is 2.52 bits per heavy atom. The number of carbonyl (C=O) groups excluding carboxylic acids is 1. The van der Waals surface area contributed by atoms with Crippen LogP contribution in [0.4, 0.5) is 20.4 Å². The molecular formula is C34H35F2N7O. The van der Waals surface area contributed by atoms with E-state index in [9.17, 15) is 13.6 Å². The molecule has 0 bridgehead atoms. The van der Waals surface area contributed by atoms with E-state index in [1.54, 1.807) is 12.3 Å². The van der Waals surface area contributed by atoms with Crippen LogP contribution in [0.1, 0.15) is 30.5 Å². The molecule has 226 valence electrons. The molecule has 1 aromatic heterocycles. The molecule has 0 radical (unpaired) electrons. The van der Waals surface area contributed by atoms with Gasteiger partial charge in [-0.2, -0.15) is 0 Å². The Labute approximate surface area is 256 Å². The summed E-state index contributed by atoms with van der Waals surface area (Å²) in [5.74, 6) is 4.66. The van der Waals surface area contributed by atoms with Gasteiger partial charge in [0.1, 0.15) is 0 Å². The Kier molecular flexibility index (Phi) is 9.48. The summed E-state index contributed by atoms with van der Waals surface area (Å²) in [6.07, 6.45) is 1.76. The first-order valence-corrected chi connectivity index (χ1v) is 14.4. The first-order valence-electron chi connectivity index (χ1n) is 14.4. The third-order valence-corrected chi connectivity index (χ3v) is 7.29. The summed E-state index contributed by atoms with van der Waals surface area (Å²) >= 11 is 0. The van der Waals surface area contributed by atoms with Crippen molar-refractivity contribution >= 4 is 28.4 Å². The van der Waals surface area contributed by atoms with Crippen molar-refractivity contribution in [2.24, 2.45) is 0 Å². The molecular weight excluding hydrogens is 560 g/mol. The molecule has 10 heteroatoms. The molecule has 0 atom stereocenters. The van der Waals surface area contributed by atoms with Gasteiger partial charge in [0, 0.05) is 48.2 Å². The zero-order valence-electron chi connectivity index (χ0n) is 25.3. The van der Waals surface area contributed by atoms with Crippen LogP contribution in [0, 0.1) is 23.5 Å². The summed E-state index contributed by atoms with van der Waals surface area (Å²) in [7, 11) is 4.08. The second kappa shape index (κ2) is 13.6. The van der Waals surface area contributed by atoms with Crippen molar-refractivity contribution in [2.75, 3.05) is 39.0 Å². The lowest BCUT2D eigenvalue weighted by Crippen LogP contribution is -2.36. The van der Waals surface area contributed by atoms with Crippen molar-refractivity contribution in [1.29, 1.82) is 0 Å². The quantitative estimate of drug-likeness (QED) is 0.258. The maximum atomic E-state index is 13.7. The summed E-state index contributed by atoms with van der Waals surface area (Å²) in [5, 5.41) is 10.9. The van der Waals surface area contributed by atoms with Crippen LogP contribution >= 0.6 is 0 Å². The lowest BCUT2D eigenvalue weighted by atomic mass is 10.1. The third-order valence-electron chi connectivity index (χ3n) is 7.29. The minimum atomic E-state index is -0.885. The van der Waals surface area contributed by atoms with E-state index in [2.05, 4.69) is 49.5 Å². The fraction of sp³-hybridized carbons (Fsp3) is 0.265. The largest absolute Gasteiger partial charge is 0.341 e. The maximum Gasteiger partial charge on any atom is 0.251 e. The number of nitrogens with zero attached hydrogens (tertiary/aromatic N) is 5. The van der Waals surface area contributed by atoms with Gasteiger partial charge in [0.25, 0.3) is 5.91 Å². The summed E-state index contributed by atoms with van der Waals surface area (Å²) in [5.41, 5.74) is 5.80. The van der Waals surface area contributed by atoms with Crippen molar-refractivity contribution in [3.8, 4) is 11.8 Å². The van der Waals surface area contributed by atoms with Gasteiger partial charge in [-0.05, 0) is 81.5 Å². The average molecular weight is 596 g/mol. The number of fused-ring (bicyclic) bond motifs is 1. The van der Waals surface area contributed by atoms with Crippen LogP contribution in [0.3, 0.4) is 0 Å². The van der Waals surface area contributed by atoms with Crippen LogP contribution in [0.5, 0.6) is 0 Å². The number of hydrazine groups is 1. The summed E-state index contributed by atoms with van der Waals surface area (Å²) in [6.45, 7) is 6.27. The summed E-state index contributed by atoms with van der Waals surface area (Å²) < 4.78 is 27.1. The Hall–Kier alpha value is -4.85. The molecule has 4 aromatic rings. The van der Waals surface area contributed by atoms with E-state index in [0.717, 1.165) is 40.5 Å². The standard InChI is InChI=1S/C34H35F2N7O/c1-5-43-23(2)29(22-42(43)21-26-10-14-30(35)31(36)18-26)33(44)37-16-6-7-24-11-15-32-27(17-24)19-38-34(40-32)39-28-12-8-25(9-13-28)20-41(3)4/h8-15,17-19H,5,16,20-22H2,1-4H3,(H,37,44)(H,38,39,40). The van der Waals surface area contributed by atoms with Gasteiger partial charge in [-0.15, -0.1) is 0 Å². The minimum absolute atomic E-state index is 0.176. The normalized spacial score (nSPS) is 13.4. The number of amides is 1. The highest BCUT2D eigenvalue weighted by molar-refractivity contribution is 5.95. The number of hydrogen-bond donors (Lipinski definition) is 2. The number of benzene rings is 3. The van der Waals surface area contributed by atoms with Gasteiger partial charge in [0.05, 0.1) is 24.2 Å². The molecule has 44 heavy (non-hydrogen) atoms. The molecule has 0 saturated carbocycles. The van der Waals surface area contributed by atoms with Gasteiger partial charge >= 0.3 is 0 Å². The van der Waals surface area contributed by atoms with Crippen LogP contribution < -0.4 is 10.6 Å². The van der Waals surface area contributed by atoms with Crippen LogP contribution in [0.25, 0.3) is 10.9 Å². The van der Waals surface area contributed by atoms with Crippen LogP contribution in [0.15, 0.2) is 78.1 Å². The van der Waals surface area contributed by atoms with Gasteiger partial charge < -0.3 is 20.5 Å². The number of aromatic nitrogens is 2. The van der Waals surface area contributed by atoms with E-state index < -0.39 is 11.6 Å². The number of rotatable bonds is 9. The van der Waals surface area contributed by atoms with Gasteiger partial charge in [-0.1, -0.05) is 30.0 Å². The smallest absolute Gasteiger partial charge is 0.251 e. The van der Waals surface area contributed by atoms with Crippen molar-refractivity contribution in [3.63, 3.8) is 0 Å². The van der Waals surface area contributed by atoms with E-state index in [1.807, 2.05) is 68.3 Å². The molecule has 3 aromatic carbocycles. The van der Waals surface area contributed by atoms with E-state index in [4.69, 9.17) is 0 Å². The Morgan fingerprint density at radius 1 is 1.02 bits per heavy atom. The summed E-state index contributed by atoms with van der Waals surface area (Å²) in [4.78, 5) is 24.2. The highest BCUT2D eigenvalue weighted by Crippen LogP contribution is 2.25. The highest BCUT2D eigenvalue weighted by atomic mass is 19.2. The number of hydrogen-bond acceptors (Lipinski definition) is 7. The molecule has 0 aliphatic carbocycles. The zero-order valence-corrected chi connectivity index (χ0v) is 25.3. The Morgan fingerprint density at radius 2 is 1.80 bits per heavy atom. The number of anilines is 2. The molecule has 1 aliphatic heterocycles. The monoisotopic (exact) mass is 595 g/mol. The van der Waals surface area contributed by atoms with Crippen molar-refractivity contribution in [2.45, 2.75) is 26.9 Å². The van der Waals surface area contributed by atoms with Crippen LogP contribution in [-0.2, 0) is 17.9 Å². The van der Waals surface area contributed by atoms with E-state index in [1.165, 1.54) is 11.6 Å². The molecule has 1 amide bonds. The Balaban J connectivity index is 1.17. The predicted octanol–water partition coefficient (Wildman–Crippen LogP) is 5.21. The predicted molar refractivity (Wildman–Crippen MR) is 168 cm³/mol. The Bertz CT molecular complexity index is 1760. The van der Waals surface area contributed by atoms with Gasteiger partial charge in [0.15, 0.2) is 11.6 Å². The van der Waals surface area contributed by atoms with Gasteiger partial charge in [-0.25, -0.2) is 23.8 Å². The average Bonchev–Trinajstić information content (AvgIpc) is 3.32. The molecule has 2 N–H and O–H groups in total. The number of carbonyl (C=O) groups is 1. The molecule has 0 spiro atoms. The molecule has 0 saturated heterocycles. The van der Waals surface area contributed by atoms with E-state index in [0.29, 0.717) is 36.7 Å². The number of halogens is 2. The maximum absolute atomic E-state index is 13.7. The number of nitrogens with one attached hydrogen (secondary N) is 2. The van der Waals surface area contributed by atoms with Gasteiger partial charge in [-0.3, -0.25) is 4.79 Å². The lowest BCUT2D eigenvalue weighted by molar-refractivity contribution is -0.117. The fourth-order valence-electron chi connectivity index (χ4n) is 5.15. The topological polar surface area (TPSA) is 76.6 Å². The third kappa shape index (κ3) is 7.37. The molecule has 8 nitrogen and oxygen atoms in total. The summed E-state index contributed by atoms with van der Waals surface area (Å²) in [6, 6.07) is 17.8. The molecule has 1 aliphatic rings. The highest BCUT2D eigenvalue weighted by Gasteiger charge is 2.30. The van der Waals surface area contributed by atoms with E-state index in [-0.39, 0.29) is 12.5 Å². The zero-order chi connectivity index (χ0) is 31.2. The fourth-order valence-corrected chi connectivity index (χ4v) is 5.15. The van der Waals surface area contributed by atoms with Crippen LogP contribution in [0.2, 0.25) is 0 Å². The molecule has 0 unspecified atom stereocenters. The second-order valence-electron chi connectivity index (χ2n) is 10.9. The minimum Gasteiger partial charge on any atom is -0.341 e. The second-order valence-corrected chi connectivity index (χ2v) is 10.9.